The Labute approximate surface area is 117 Å². The molecule has 0 aliphatic rings. The molecule has 0 saturated heterocycles. The second-order valence-electron chi connectivity index (χ2n) is 3.50. The molecule has 10 heteroatoms. The highest BCUT2D eigenvalue weighted by molar-refractivity contribution is 9.10. The van der Waals surface area contributed by atoms with Crippen LogP contribution in [0.25, 0.3) is 0 Å². The van der Waals surface area contributed by atoms with Crippen LogP contribution < -0.4 is 10.0 Å². The number of hydrogen-bond donors (Lipinski definition) is 2. The van der Waals surface area contributed by atoms with E-state index in [1.807, 2.05) is 0 Å². The first kappa shape index (κ1) is 13.7. The molecule has 0 saturated carbocycles. The van der Waals surface area contributed by atoms with Gasteiger partial charge in [0.25, 0.3) is 10.0 Å². The molecule has 2 heterocycles. The molecular weight excluding hydrogens is 338 g/mol. The molecule has 2 N–H and O–H groups in total. The fourth-order valence-corrected chi connectivity index (χ4v) is 2.92. The van der Waals surface area contributed by atoms with Crippen molar-refractivity contribution in [1.82, 2.24) is 15.1 Å². The van der Waals surface area contributed by atoms with Crippen molar-refractivity contribution in [1.29, 1.82) is 0 Å². The van der Waals surface area contributed by atoms with Crippen LogP contribution in [-0.4, -0.2) is 30.6 Å². The number of hydrogen-bond acceptors (Lipinski definition) is 7. The maximum Gasteiger partial charge on any atom is 0.335 e. The molecule has 2 aromatic heterocycles. The number of aryl methyl sites for hydroxylation is 1. The molecule has 0 spiro atoms. The quantitative estimate of drug-likeness (QED) is 0.859. The van der Waals surface area contributed by atoms with Gasteiger partial charge in [0.1, 0.15) is 10.7 Å². The minimum absolute atomic E-state index is 0.0276. The summed E-state index contributed by atoms with van der Waals surface area (Å²) in [5.41, 5.74) is 0. The van der Waals surface area contributed by atoms with Gasteiger partial charge >= 0.3 is 6.01 Å². The zero-order valence-electron chi connectivity index (χ0n) is 10.0. The number of rotatable bonds is 4. The number of pyridine rings is 1. The van der Waals surface area contributed by atoms with Crippen molar-refractivity contribution in [2.75, 3.05) is 17.1 Å². The Morgan fingerprint density at radius 2 is 2.16 bits per heavy atom. The van der Waals surface area contributed by atoms with E-state index in [1.165, 1.54) is 12.3 Å². The summed E-state index contributed by atoms with van der Waals surface area (Å²) < 4.78 is 31.9. The Balaban J connectivity index is 2.41. The number of nitrogens with zero attached hydrogens (tertiary/aromatic N) is 3. The van der Waals surface area contributed by atoms with Crippen LogP contribution in [0.3, 0.4) is 0 Å². The van der Waals surface area contributed by atoms with Gasteiger partial charge in [-0.1, -0.05) is 5.16 Å². The molecule has 0 bridgehead atoms. The molecule has 102 valence electrons. The van der Waals surface area contributed by atoms with Gasteiger partial charge in [-0.3, -0.25) is 0 Å². The number of anilines is 2. The summed E-state index contributed by atoms with van der Waals surface area (Å²) >= 11 is 3.17. The first-order valence-corrected chi connectivity index (χ1v) is 7.36. The smallest absolute Gasteiger partial charge is 0.335 e. The second-order valence-corrected chi connectivity index (χ2v) is 6.07. The molecule has 0 fully saturated rings. The molecule has 0 amide bonds. The van der Waals surface area contributed by atoms with E-state index in [2.05, 4.69) is 41.1 Å². The minimum Gasteiger partial charge on any atom is -0.372 e. The fraction of sp³-hybridized carbons (Fsp3) is 0.222. The average molecular weight is 348 g/mol. The van der Waals surface area contributed by atoms with Crippen molar-refractivity contribution in [2.24, 2.45) is 0 Å². The number of nitrogens with one attached hydrogen (secondary N) is 2. The van der Waals surface area contributed by atoms with E-state index < -0.39 is 10.0 Å². The number of halogens is 1. The SMILES string of the molecule is CNc1ncc(Br)cc1S(=O)(=O)Nc1nc(C)no1. The largest absolute Gasteiger partial charge is 0.372 e. The van der Waals surface area contributed by atoms with Crippen molar-refractivity contribution in [2.45, 2.75) is 11.8 Å². The highest BCUT2D eigenvalue weighted by Gasteiger charge is 2.22. The van der Waals surface area contributed by atoms with Crippen LogP contribution in [0.5, 0.6) is 0 Å². The Bertz CT molecular complexity index is 700. The fourth-order valence-electron chi connectivity index (χ4n) is 1.32. The van der Waals surface area contributed by atoms with E-state index in [4.69, 9.17) is 4.52 Å². The summed E-state index contributed by atoms with van der Waals surface area (Å²) in [6.07, 6.45) is 1.49. The minimum atomic E-state index is -3.87. The molecule has 8 nitrogen and oxygen atoms in total. The molecule has 2 aromatic rings. The van der Waals surface area contributed by atoms with Crippen LogP contribution in [0.1, 0.15) is 5.82 Å². The number of aromatic nitrogens is 3. The predicted octanol–water partition coefficient (Wildman–Crippen LogP) is 1.38. The number of sulfonamides is 1. The maximum absolute atomic E-state index is 12.2. The third-order valence-corrected chi connectivity index (χ3v) is 3.86. The van der Waals surface area contributed by atoms with Gasteiger partial charge in [0.15, 0.2) is 5.82 Å². The van der Waals surface area contributed by atoms with Crippen molar-refractivity contribution in [3.8, 4) is 0 Å². The van der Waals surface area contributed by atoms with Crippen molar-refractivity contribution < 1.29 is 12.9 Å². The van der Waals surface area contributed by atoms with Gasteiger partial charge in [0.05, 0.1) is 0 Å². The summed E-state index contributed by atoms with van der Waals surface area (Å²) in [5.74, 6) is 0.547. The summed E-state index contributed by atoms with van der Waals surface area (Å²) in [6.45, 7) is 1.58. The molecule has 0 atom stereocenters. The first-order chi connectivity index (χ1) is 8.92. The lowest BCUT2D eigenvalue weighted by Crippen LogP contribution is -2.15. The third-order valence-electron chi connectivity index (χ3n) is 2.09. The lowest BCUT2D eigenvalue weighted by Gasteiger charge is -2.09. The molecule has 0 unspecified atom stereocenters. The van der Waals surface area contributed by atoms with E-state index in [-0.39, 0.29) is 16.7 Å². The van der Waals surface area contributed by atoms with Crippen LogP contribution in [-0.2, 0) is 10.0 Å². The zero-order chi connectivity index (χ0) is 14.0. The van der Waals surface area contributed by atoms with Gasteiger partial charge in [0, 0.05) is 17.7 Å². The van der Waals surface area contributed by atoms with E-state index in [1.54, 1.807) is 14.0 Å². The van der Waals surface area contributed by atoms with Crippen LogP contribution in [0.4, 0.5) is 11.8 Å². The monoisotopic (exact) mass is 347 g/mol. The Hall–Kier alpha value is -1.68. The van der Waals surface area contributed by atoms with Crippen LogP contribution in [0, 0.1) is 6.92 Å². The van der Waals surface area contributed by atoms with Crippen molar-refractivity contribution in [3.05, 3.63) is 22.6 Å². The lowest BCUT2D eigenvalue weighted by atomic mass is 10.4. The Morgan fingerprint density at radius 1 is 1.42 bits per heavy atom. The zero-order valence-corrected chi connectivity index (χ0v) is 12.4. The van der Waals surface area contributed by atoms with E-state index in [9.17, 15) is 8.42 Å². The summed E-state index contributed by atoms with van der Waals surface area (Å²) in [7, 11) is -2.29. The average Bonchev–Trinajstić information content (AvgIpc) is 2.74. The van der Waals surface area contributed by atoms with E-state index in [0.717, 1.165) is 0 Å². The molecule has 0 aliphatic heterocycles. The third kappa shape index (κ3) is 3.01. The second kappa shape index (κ2) is 5.13. The Kier molecular flexibility index (Phi) is 3.71. The first-order valence-electron chi connectivity index (χ1n) is 5.09. The van der Waals surface area contributed by atoms with Gasteiger partial charge in [-0.25, -0.2) is 18.1 Å². The van der Waals surface area contributed by atoms with Gasteiger partial charge < -0.3 is 9.84 Å². The normalized spacial score (nSPS) is 11.3. The highest BCUT2D eigenvalue weighted by atomic mass is 79.9. The molecule has 19 heavy (non-hydrogen) atoms. The van der Waals surface area contributed by atoms with Crippen LogP contribution >= 0.6 is 15.9 Å². The lowest BCUT2D eigenvalue weighted by molar-refractivity contribution is 0.429. The van der Waals surface area contributed by atoms with Gasteiger partial charge in [-0.15, -0.1) is 0 Å². The van der Waals surface area contributed by atoms with Crippen LogP contribution in [0.15, 0.2) is 26.2 Å². The van der Waals surface area contributed by atoms with E-state index >= 15 is 0 Å². The molecule has 0 aromatic carbocycles. The molecule has 2 rings (SSSR count). The standard InChI is InChI=1S/C9H10BrN5O3S/c1-5-13-9(18-14-5)15-19(16,17)7-3-6(10)4-12-8(7)11-2/h3-4H,1-2H3,(H,11,12)(H,13,14,15). The van der Waals surface area contributed by atoms with Crippen molar-refractivity contribution in [3.63, 3.8) is 0 Å². The predicted molar refractivity (Wildman–Crippen MR) is 71.3 cm³/mol. The summed E-state index contributed by atoms with van der Waals surface area (Å²) in [5, 5.41) is 6.20. The summed E-state index contributed by atoms with van der Waals surface area (Å²) in [6, 6.07) is 1.23. The maximum atomic E-state index is 12.2. The summed E-state index contributed by atoms with van der Waals surface area (Å²) in [4.78, 5) is 7.72. The van der Waals surface area contributed by atoms with Gasteiger partial charge in [-0.05, 0) is 28.9 Å². The Morgan fingerprint density at radius 3 is 2.74 bits per heavy atom. The topological polar surface area (TPSA) is 110 Å². The molecule has 0 aliphatic carbocycles. The van der Waals surface area contributed by atoms with Crippen molar-refractivity contribution >= 4 is 37.8 Å². The van der Waals surface area contributed by atoms with Gasteiger partial charge in [0.2, 0.25) is 0 Å². The van der Waals surface area contributed by atoms with E-state index in [0.29, 0.717) is 10.3 Å². The highest BCUT2D eigenvalue weighted by Crippen LogP contribution is 2.24. The molecular formula is C9H10BrN5O3S. The molecule has 0 radical (unpaired) electrons. The van der Waals surface area contributed by atoms with Crippen LogP contribution in [0.2, 0.25) is 0 Å². The van der Waals surface area contributed by atoms with Gasteiger partial charge in [-0.2, -0.15) is 4.98 Å².